The lowest BCUT2D eigenvalue weighted by Gasteiger charge is -2.16. The van der Waals surface area contributed by atoms with Crippen molar-refractivity contribution in [2.75, 3.05) is 6.54 Å². The molecule has 0 amide bonds. The topological polar surface area (TPSA) is 38.9 Å². The third-order valence-electron chi connectivity index (χ3n) is 2.35. The molecule has 0 aromatic carbocycles. The fourth-order valence-electron chi connectivity index (χ4n) is 1.09. The predicted octanol–water partition coefficient (Wildman–Crippen LogP) is 1.92. The number of hydrogen-bond acceptors (Lipinski definition) is 3. The van der Waals surface area contributed by atoms with Crippen LogP contribution in [0.5, 0.6) is 0 Å². The minimum Gasteiger partial charge on any atom is -0.330 e. The maximum Gasteiger partial charge on any atom is 0.0794 e. The Labute approximate surface area is 77.8 Å². The molecule has 1 aromatic rings. The Balaban J connectivity index is 2.41. The van der Waals surface area contributed by atoms with E-state index in [0.717, 1.165) is 13.0 Å². The second kappa shape index (κ2) is 4.58. The molecule has 2 unspecified atom stereocenters. The smallest absolute Gasteiger partial charge is 0.0794 e. The third kappa shape index (κ3) is 2.57. The summed E-state index contributed by atoms with van der Waals surface area (Å²) in [4.78, 5) is 5.41. The van der Waals surface area contributed by atoms with Gasteiger partial charge in [-0.1, -0.05) is 13.8 Å². The molecule has 0 aliphatic rings. The minimum atomic E-state index is 0.604. The van der Waals surface area contributed by atoms with Crippen molar-refractivity contribution in [3.63, 3.8) is 0 Å². The Morgan fingerprint density at radius 2 is 2.25 bits per heavy atom. The molecule has 0 aliphatic heterocycles. The van der Waals surface area contributed by atoms with Crippen LogP contribution in [0.1, 0.15) is 18.7 Å². The zero-order valence-electron chi connectivity index (χ0n) is 7.66. The van der Waals surface area contributed by atoms with Crippen molar-refractivity contribution in [1.29, 1.82) is 0 Å². The standard InChI is InChI=1S/C9H16N2S/c1-7(8(2)4-10)3-9-5-11-6-12-9/h5-8H,3-4,10H2,1-2H3. The monoisotopic (exact) mass is 184 g/mol. The largest absolute Gasteiger partial charge is 0.330 e. The number of rotatable bonds is 4. The lowest BCUT2D eigenvalue weighted by atomic mass is 9.93. The van der Waals surface area contributed by atoms with Gasteiger partial charge in [0.25, 0.3) is 0 Å². The van der Waals surface area contributed by atoms with E-state index >= 15 is 0 Å². The molecule has 0 spiro atoms. The first-order valence-corrected chi connectivity index (χ1v) is 5.19. The van der Waals surface area contributed by atoms with Crippen LogP contribution < -0.4 is 5.73 Å². The number of nitrogens with two attached hydrogens (primary N) is 1. The van der Waals surface area contributed by atoms with Gasteiger partial charge in [0.05, 0.1) is 5.51 Å². The molecule has 0 saturated carbocycles. The van der Waals surface area contributed by atoms with Gasteiger partial charge in [0, 0.05) is 11.1 Å². The lowest BCUT2D eigenvalue weighted by Crippen LogP contribution is -2.19. The SMILES string of the molecule is CC(CN)C(C)Cc1cncs1. The highest BCUT2D eigenvalue weighted by atomic mass is 32.1. The third-order valence-corrected chi connectivity index (χ3v) is 3.15. The van der Waals surface area contributed by atoms with Gasteiger partial charge in [0.1, 0.15) is 0 Å². The molecule has 0 radical (unpaired) electrons. The Morgan fingerprint density at radius 3 is 2.75 bits per heavy atom. The highest BCUT2D eigenvalue weighted by Crippen LogP contribution is 2.18. The molecular formula is C9H16N2S. The highest BCUT2D eigenvalue weighted by Gasteiger charge is 2.11. The molecule has 2 atom stereocenters. The Kier molecular flexibility index (Phi) is 3.69. The number of hydrogen-bond donors (Lipinski definition) is 1. The van der Waals surface area contributed by atoms with Crippen LogP contribution in [-0.2, 0) is 6.42 Å². The molecule has 1 heterocycles. The first kappa shape index (κ1) is 9.68. The van der Waals surface area contributed by atoms with Crippen molar-refractivity contribution < 1.29 is 0 Å². The summed E-state index contributed by atoms with van der Waals surface area (Å²) < 4.78 is 0. The Morgan fingerprint density at radius 1 is 1.50 bits per heavy atom. The van der Waals surface area contributed by atoms with E-state index in [-0.39, 0.29) is 0 Å². The molecule has 0 aliphatic carbocycles. The summed E-state index contributed by atoms with van der Waals surface area (Å²) in [7, 11) is 0. The zero-order valence-corrected chi connectivity index (χ0v) is 8.47. The molecule has 0 saturated heterocycles. The van der Waals surface area contributed by atoms with Gasteiger partial charge in [-0.05, 0) is 24.8 Å². The van der Waals surface area contributed by atoms with Gasteiger partial charge in [0.2, 0.25) is 0 Å². The van der Waals surface area contributed by atoms with Gasteiger partial charge in [-0.25, -0.2) is 0 Å². The molecule has 1 aromatic heterocycles. The van der Waals surface area contributed by atoms with Crippen molar-refractivity contribution in [1.82, 2.24) is 4.98 Å². The number of thiazole rings is 1. The number of aromatic nitrogens is 1. The summed E-state index contributed by atoms with van der Waals surface area (Å²) in [5.41, 5.74) is 7.47. The van der Waals surface area contributed by atoms with Crippen molar-refractivity contribution in [2.24, 2.45) is 17.6 Å². The Bertz CT molecular complexity index is 208. The van der Waals surface area contributed by atoms with E-state index in [1.165, 1.54) is 4.88 Å². The quantitative estimate of drug-likeness (QED) is 0.776. The lowest BCUT2D eigenvalue weighted by molar-refractivity contribution is 0.396. The van der Waals surface area contributed by atoms with Gasteiger partial charge in [-0.15, -0.1) is 11.3 Å². The summed E-state index contributed by atoms with van der Waals surface area (Å²) in [6.07, 6.45) is 3.06. The van der Waals surface area contributed by atoms with Crippen LogP contribution in [0.25, 0.3) is 0 Å². The predicted molar refractivity (Wildman–Crippen MR) is 53.2 cm³/mol. The van der Waals surface area contributed by atoms with E-state index in [1.54, 1.807) is 11.3 Å². The van der Waals surface area contributed by atoms with Gasteiger partial charge < -0.3 is 5.73 Å². The van der Waals surface area contributed by atoms with Gasteiger partial charge >= 0.3 is 0 Å². The molecule has 0 bridgehead atoms. The number of nitrogens with zero attached hydrogens (tertiary/aromatic N) is 1. The van der Waals surface area contributed by atoms with Crippen LogP contribution in [0.3, 0.4) is 0 Å². The highest BCUT2D eigenvalue weighted by molar-refractivity contribution is 7.09. The van der Waals surface area contributed by atoms with Crippen molar-refractivity contribution in [3.8, 4) is 0 Å². The average Bonchev–Trinajstić information content (AvgIpc) is 2.55. The zero-order chi connectivity index (χ0) is 8.97. The van der Waals surface area contributed by atoms with Crippen molar-refractivity contribution >= 4 is 11.3 Å². The van der Waals surface area contributed by atoms with Crippen molar-refractivity contribution in [2.45, 2.75) is 20.3 Å². The van der Waals surface area contributed by atoms with E-state index in [9.17, 15) is 0 Å². The van der Waals surface area contributed by atoms with E-state index in [2.05, 4.69) is 18.8 Å². The fourth-order valence-corrected chi connectivity index (χ4v) is 1.83. The minimum absolute atomic E-state index is 0.604. The first-order valence-electron chi connectivity index (χ1n) is 4.31. The molecule has 2 nitrogen and oxygen atoms in total. The van der Waals surface area contributed by atoms with Crippen LogP contribution >= 0.6 is 11.3 Å². The fraction of sp³-hybridized carbons (Fsp3) is 0.667. The normalized spacial score (nSPS) is 15.9. The van der Waals surface area contributed by atoms with Crippen LogP contribution in [0.4, 0.5) is 0 Å². The van der Waals surface area contributed by atoms with Crippen LogP contribution in [-0.4, -0.2) is 11.5 Å². The molecular weight excluding hydrogens is 168 g/mol. The summed E-state index contributed by atoms with van der Waals surface area (Å²) in [5.74, 6) is 1.27. The summed E-state index contributed by atoms with van der Waals surface area (Å²) >= 11 is 1.73. The van der Waals surface area contributed by atoms with Crippen molar-refractivity contribution in [3.05, 3.63) is 16.6 Å². The molecule has 12 heavy (non-hydrogen) atoms. The summed E-state index contributed by atoms with van der Waals surface area (Å²) in [6, 6.07) is 0. The average molecular weight is 184 g/mol. The van der Waals surface area contributed by atoms with E-state index < -0.39 is 0 Å². The van der Waals surface area contributed by atoms with E-state index in [4.69, 9.17) is 5.73 Å². The van der Waals surface area contributed by atoms with Gasteiger partial charge in [-0.3, -0.25) is 4.98 Å². The second-order valence-electron chi connectivity index (χ2n) is 3.36. The second-order valence-corrected chi connectivity index (χ2v) is 4.33. The molecule has 0 fully saturated rings. The maximum absolute atomic E-state index is 5.59. The van der Waals surface area contributed by atoms with Crippen LogP contribution in [0.15, 0.2) is 11.7 Å². The first-order chi connectivity index (χ1) is 5.74. The van der Waals surface area contributed by atoms with E-state index in [0.29, 0.717) is 11.8 Å². The summed E-state index contributed by atoms with van der Waals surface area (Å²) in [5, 5.41) is 0. The van der Waals surface area contributed by atoms with Crippen LogP contribution in [0, 0.1) is 11.8 Å². The Hall–Kier alpha value is -0.410. The maximum atomic E-state index is 5.59. The van der Waals surface area contributed by atoms with Gasteiger partial charge in [-0.2, -0.15) is 0 Å². The molecule has 2 N–H and O–H groups in total. The molecule has 1 rings (SSSR count). The van der Waals surface area contributed by atoms with E-state index in [1.807, 2.05) is 11.7 Å². The van der Waals surface area contributed by atoms with Gasteiger partial charge in [0.15, 0.2) is 0 Å². The molecule has 3 heteroatoms. The summed E-state index contributed by atoms with van der Waals surface area (Å²) in [6.45, 7) is 5.23. The van der Waals surface area contributed by atoms with Crippen LogP contribution in [0.2, 0.25) is 0 Å². The molecule has 68 valence electrons.